The Kier molecular flexibility index (Phi) is 3.93. The first-order chi connectivity index (χ1) is 9.69. The number of aryl methyl sites for hydroxylation is 1. The molecule has 0 saturated heterocycles. The molecule has 108 valence electrons. The second-order valence-electron chi connectivity index (χ2n) is 6.55. The lowest BCUT2D eigenvalue weighted by molar-refractivity contribution is -0.142. The van der Waals surface area contributed by atoms with E-state index in [1.807, 2.05) is 18.2 Å². The Morgan fingerprint density at radius 1 is 1.15 bits per heavy atom. The van der Waals surface area contributed by atoms with Crippen LogP contribution in [0.15, 0.2) is 30.3 Å². The lowest BCUT2D eigenvalue weighted by atomic mass is 9.61. The average molecular weight is 272 g/mol. The summed E-state index contributed by atoms with van der Waals surface area (Å²) in [4.78, 5) is 12.1. The molecule has 0 aromatic heterocycles. The number of benzene rings is 1. The van der Waals surface area contributed by atoms with E-state index in [0.29, 0.717) is 5.78 Å². The fraction of sp³-hybridized carbons (Fsp3) is 0.611. The van der Waals surface area contributed by atoms with Crippen LogP contribution in [0.3, 0.4) is 0 Å². The van der Waals surface area contributed by atoms with Crippen LogP contribution in [-0.2, 0) is 11.2 Å². The summed E-state index contributed by atoms with van der Waals surface area (Å²) in [6.45, 7) is 0. The molecule has 3 atom stereocenters. The third-order valence-corrected chi connectivity index (χ3v) is 5.34. The molecule has 1 aromatic carbocycles. The van der Waals surface area contributed by atoms with Crippen LogP contribution >= 0.6 is 0 Å². The van der Waals surface area contributed by atoms with E-state index in [2.05, 4.69) is 12.1 Å². The molecule has 2 saturated carbocycles. The first kappa shape index (κ1) is 13.8. The molecule has 2 aliphatic carbocycles. The number of fused-ring (bicyclic) bond motifs is 1. The molecule has 0 amide bonds. The van der Waals surface area contributed by atoms with Crippen LogP contribution in [-0.4, -0.2) is 16.5 Å². The van der Waals surface area contributed by atoms with E-state index in [1.165, 1.54) is 5.56 Å². The number of carbonyl (C=O) groups is 1. The van der Waals surface area contributed by atoms with Gasteiger partial charge in [0.25, 0.3) is 0 Å². The Morgan fingerprint density at radius 3 is 2.75 bits per heavy atom. The van der Waals surface area contributed by atoms with Crippen molar-refractivity contribution in [2.45, 2.75) is 57.0 Å². The zero-order valence-electron chi connectivity index (χ0n) is 12.1. The van der Waals surface area contributed by atoms with Crippen LogP contribution in [0.25, 0.3) is 0 Å². The van der Waals surface area contributed by atoms with Gasteiger partial charge in [0.15, 0.2) is 0 Å². The number of rotatable bonds is 3. The van der Waals surface area contributed by atoms with Gasteiger partial charge in [0.2, 0.25) is 0 Å². The molecule has 0 aliphatic heterocycles. The SMILES string of the molecule is O=C1CCC[C@@H]2[C@H]1CCC[C@@]2(O)CCc1ccccc1. The van der Waals surface area contributed by atoms with Crippen LogP contribution in [0, 0.1) is 11.8 Å². The molecular formula is C18H24O2. The largest absolute Gasteiger partial charge is 0.390 e. The Labute approximate surface area is 121 Å². The maximum atomic E-state index is 12.1. The highest BCUT2D eigenvalue weighted by molar-refractivity contribution is 5.82. The highest BCUT2D eigenvalue weighted by Crippen LogP contribution is 2.46. The average Bonchev–Trinajstić information content (AvgIpc) is 2.48. The minimum atomic E-state index is -0.616. The lowest BCUT2D eigenvalue weighted by Crippen LogP contribution is -2.49. The summed E-state index contributed by atoms with van der Waals surface area (Å²) >= 11 is 0. The zero-order chi connectivity index (χ0) is 14.0. The molecule has 2 aliphatic rings. The summed E-state index contributed by atoms with van der Waals surface area (Å²) < 4.78 is 0. The number of hydrogen-bond donors (Lipinski definition) is 1. The van der Waals surface area contributed by atoms with Gasteiger partial charge in [-0.25, -0.2) is 0 Å². The van der Waals surface area contributed by atoms with Crippen molar-refractivity contribution in [3.8, 4) is 0 Å². The molecule has 3 rings (SSSR count). The van der Waals surface area contributed by atoms with Crippen LogP contribution in [0.4, 0.5) is 0 Å². The quantitative estimate of drug-likeness (QED) is 0.914. The standard InChI is InChI=1S/C18H24O2/c19-17-10-4-9-16-15(17)8-5-12-18(16,20)13-11-14-6-2-1-3-7-14/h1-3,6-7,15-16,20H,4-5,8-13H2/t15-,16-,18-/m1/s1. The monoisotopic (exact) mass is 272 g/mol. The fourth-order valence-corrected chi connectivity index (χ4v) is 4.24. The van der Waals surface area contributed by atoms with Gasteiger partial charge >= 0.3 is 0 Å². The molecular weight excluding hydrogens is 248 g/mol. The van der Waals surface area contributed by atoms with Crippen molar-refractivity contribution in [3.05, 3.63) is 35.9 Å². The van der Waals surface area contributed by atoms with Gasteiger partial charge in [-0.2, -0.15) is 0 Å². The summed E-state index contributed by atoms with van der Waals surface area (Å²) in [6.07, 6.45) is 7.30. The molecule has 0 bridgehead atoms. The molecule has 0 unspecified atom stereocenters. The van der Waals surface area contributed by atoms with E-state index >= 15 is 0 Å². The number of carbonyl (C=O) groups excluding carboxylic acids is 1. The summed E-state index contributed by atoms with van der Waals surface area (Å²) in [6, 6.07) is 10.4. The van der Waals surface area contributed by atoms with Crippen molar-refractivity contribution in [2.24, 2.45) is 11.8 Å². The van der Waals surface area contributed by atoms with Crippen molar-refractivity contribution >= 4 is 5.78 Å². The van der Waals surface area contributed by atoms with Gasteiger partial charge in [-0.05, 0) is 56.4 Å². The lowest BCUT2D eigenvalue weighted by Gasteiger charge is -2.46. The topological polar surface area (TPSA) is 37.3 Å². The van der Waals surface area contributed by atoms with Crippen molar-refractivity contribution < 1.29 is 9.90 Å². The Bertz CT molecular complexity index is 468. The van der Waals surface area contributed by atoms with Crippen molar-refractivity contribution in [1.82, 2.24) is 0 Å². The van der Waals surface area contributed by atoms with Crippen molar-refractivity contribution in [3.63, 3.8) is 0 Å². The summed E-state index contributed by atoms with van der Waals surface area (Å²) in [5, 5.41) is 11.1. The van der Waals surface area contributed by atoms with Crippen LogP contribution in [0.2, 0.25) is 0 Å². The van der Waals surface area contributed by atoms with E-state index in [1.54, 1.807) is 0 Å². The maximum absolute atomic E-state index is 12.1. The fourth-order valence-electron chi connectivity index (χ4n) is 4.24. The first-order valence-electron chi connectivity index (χ1n) is 7.98. The highest BCUT2D eigenvalue weighted by atomic mass is 16.3. The number of aliphatic hydroxyl groups is 1. The van der Waals surface area contributed by atoms with Gasteiger partial charge in [0.05, 0.1) is 5.60 Å². The van der Waals surface area contributed by atoms with Crippen LogP contribution in [0.5, 0.6) is 0 Å². The number of Topliss-reactive ketones (excluding diaryl/α,β-unsaturated/α-hetero) is 1. The normalized spacial score (nSPS) is 33.8. The van der Waals surface area contributed by atoms with Crippen LogP contribution < -0.4 is 0 Å². The smallest absolute Gasteiger partial charge is 0.136 e. The molecule has 0 heterocycles. The van der Waals surface area contributed by atoms with E-state index in [9.17, 15) is 9.90 Å². The highest BCUT2D eigenvalue weighted by Gasteiger charge is 2.47. The molecule has 2 fully saturated rings. The van der Waals surface area contributed by atoms with Gasteiger partial charge in [0.1, 0.15) is 5.78 Å². The predicted octanol–water partition coefficient (Wildman–Crippen LogP) is 3.52. The van der Waals surface area contributed by atoms with Crippen LogP contribution in [0.1, 0.15) is 50.5 Å². The van der Waals surface area contributed by atoms with Crippen molar-refractivity contribution in [2.75, 3.05) is 0 Å². The Balaban J connectivity index is 1.71. The van der Waals surface area contributed by atoms with E-state index < -0.39 is 5.60 Å². The van der Waals surface area contributed by atoms with Gasteiger partial charge in [0, 0.05) is 12.3 Å². The third kappa shape index (κ3) is 2.67. The molecule has 20 heavy (non-hydrogen) atoms. The van der Waals surface area contributed by atoms with E-state index in [-0.39, 0.29) is 11.8 Å². The first-order valence-corrected chi connectivity index (χ1v) is 7.98. The molecule has 1 aromatic rings. The minimum Gasteiger partial charge on any atom is -0.390 e. The van der Waals surface area contributed by atoms with Gasteiger partial charge < -0.3 is 5.11 Å². The van der Waals surface area contributed by atoms with Gasteiger partial charge in [-0.3, -0.25) is 4.79 Å². The molecule has 2 nitrogen and oxygen atoms in total. The Morgan fingerprint density at radius 2 is 1.95 bits per heavy atom. The molecule has 1 N–H and O–H groups in total. The Hall–Kier alpha value is -1.15. The van der Waals surface area contributed by atoms with Gasteiger partial charge in [-0.1, -0.05) is 30.3 Å². The summed E-state index contributed by atoms with van der Waals surface area (Å²) in [7, 11) is 0. The molecule has 0 spiro atoms. The maximum Gasteiger partial charge on any atom is 0.136 e. The summed E-state index contributed by atoms with van der Waals surface area (Å²) in [5.74, 6) is 0.749. The second-order valence-corrected chi connectivity index (χ2v) is 6.55. The van der Waals surface area contributed by atoms with E-state index in [4.69, 9.17) is 0 Å². The number of ketones is 1. The predicted molar refractivity (Wildman–Crippen MR) is 79.4 cm³/mol. The number of hydrogen-bond acceptors (Lipinski definition) is 2. The summed E-state index contributed by atoms with van der Waals surface area (Å²) in [5.41, 5.74) is 0.666. The zero-order valence-corrected chi connectivity index (χ0v) is 12.1. The second kappa shape index (κ2) is 5.69. The molecule has 2 heteroatoms. The molecule has 0 radical (unpaired) electrons. The van der Waals surface area contributed by atoms with Crippen molar-refractivity contribution in [1.29, 1.82) is 0 Å². The minimum absolute atomic E-state index is 0.137. The van der Waals surface area contributed by atoms with Gasteiger partial charge in [-0.15, -0.1) is 0 Å². The van der Waals surface area contributed by atoms with E-state index in [0.717, 1.165) is 51.4 Å². The third-order valence-electron chi connectivity index (χ3n) is 5.34.